The summed E-state index contributed by atoms with van der Waals surface area (Å²) < 4.78 is 5.56. The molecule has 3 heterocycles. The number of morpholine rings is 1. The Hall–Kier alpha value is -0.830. The van der Waals surface area contributed by atoms with Crippen molar-refractivity contribution in [2.45, 2.75) is 39.2 Å². The van der Waals surface area contributed by atoms with Gasteiger partial charge in [-0.3, -0.25) is 9.89 Å². The number of guanidine groups is 1. The van der Waals surface area contributed by atoms with Crippen LogP contribution in [0.3, 0.4) is 0 Å². The van der Waals surface area contributed by atoms with E-state index in [4.69, 9.17) is 9.73 Å². The van der Waals surface area contributed by atoms with Crippen LogP contribution in [0.15, 0.2) is 4.99 Å². The number of nitrogens with one attached hydrogen (secondary N) is 2. The second-order valence-corrected chi connectivity index (χ2v) is 9.64. The molecule has 1 unspecified atom stereocenters. The molecule has 0 saturated carbocycles. The van der Waals surface area contributed by atoms with Crippen LogP contribution in [0, 0.1) is 13.8 Å². The van der Waals surface area contributed by atoms with Crippen LogP contribution in [0.4, 0.5) is 0 Å². The topological polar surface area (TPSA) is 61.8 Å². The third-order valence-corrected chi connectivity index (χ3v) is 7.71. The van der Waals surface area contributed by atoms with Crippen molar-refractivity contribution in [3.05, 3.63) is 15.6 Å². The minimum absolute atomic E-state index is 0.195. The smallest absolute Gasteiger partial charge is 0.191 e. The highest BCUT2D eigenvalue weighted by molar-refractivity contribution is 7.99. The van der Waals surface area contributed by atoms with Gasteiger partial charge >= 0.3 is 0 Å². The lowest BCUT2D eigenvalue weighted by Gasteiger charge is -2.42. The summed E-state index contributed by atoms with van der Waals surface area (Å²) in [6, 6.07) is 0. The molecule has 0 aliphatic carbocycles. The molecule has 0 bridgehead atoms. The quantitative estimate of drug-likeness (QED) is 0.529. The van der Waals surface area contributed by atoms with Crippen LogP contribution in [0.1, 0.15) is 28.9 Å². The first-order valence-electron chi connectivity index (χ1n) is 9.98. The number of rotatable bonds is 7. The summed E-state index contributed by atoms with van der Waals surface area (Å²) in [5.41, 5.74) is 1.35. The van der Waals surface area contributed by atoms with Crippen LogP contribution in [-0.4, -0.2) is 78.8 Å². The maximum absolute atomic E-state index is 5.56. The number of aromatic nitrogens is 1. The molecule has 2 saturated heterocycles. The molecule has 3 rings (SSSR count). The third-order valence-electron chi connectivity index (χ3n) is 5.34. The molecule has 8 heteroatoms. The van der Waals surface area contributed by atoms with Gasteiger partial charge in [0.05, 0.1) is 36.0 Å². The van der Waals surface area contributed by atoms with E-state index in [2.05, 4.69) is 53.1 Å². The highest BCUT2D eigenvalue weighted by atomic mass is 32.2. The molecule has 0 radical (unpaired) electrons. The molecule has 1 aromatic rings. The van der Waals surface area contributed by atoms with Gasteiger partial charge in [0.1, 0.15) is 0 Å². The van der Waals surface area contributed by atoms with Gasteiger partial charge in [0.15, 0.2) is 5.96 Å². The maximum Gasteiger partial charge on any atom is 0.191 e. The summed E-state index contributed by atoms with van der Waals surface area (Å²) in [7, 11) is 0. The Morgan fingerprint density at radius 3 is 2.74 bits per heavy atom. The van der Waals surface area contributed by atoms with E-state index in [1.165, 1.54) is 27.8 Å². The van der Waals surface area contributed by atoms with E-state index in [0.717, 1.165) is 64.0 Å². The van der Waals surface area contributed by atoms with Gasteiger partial charge in [0.2, 0.25) is 0 Å². The number of nitrogens with zero attached hydrogens (tertiary/aromatic N) is 3. The van der Waals surface area contributed by atoms with E-state index < -0.39 is 0 Å². The number of thioether (sulfide) groups is 1. The van der Waals surface area contributed by atoms with Crippen LogP contribution >= 0.6 is 23.1 Å². The van der Waals surface area contributed by atoms with Crippen molar-refractivity contribution in [2.24, 2.45) is 4.99 Å². The Balaban J connectivity index is 1.57. The zero-order valence-corrected chi connectivity index (χ0v) is 18.5. The van der Waals surface area contributed by atoms with Gasteiger partial charge in [-0.15, -0.1) is 11.3 Å². The molecule has 2 aliphatic rings. The fraction of sp³-hybridized carbons (Fsp3) is 0.789. The van der Waals surface area contributed by atoms with Crippen molar-refractivity contribution in [1.29, 1.82) is 0 Å². The van der Waals surface area contributed by atoms with Gasteiger partial charge < -0.3 is 15.4 Å². The molecule has 152 valence electrons. The van der Waals surface area contributed by atoms with Crippen molar-refractivity contribution in [2.75, 3.05) is 57.4 Å². The summed E-state index contributed by atoms with van der Waals surface area (Å²) in [5, 5.41) is 8.10. The van der Waals surface area contributed by atoms with E-state index in [1.54, 1.807) is 11.3 Å². The molecule has 1 atom stereocenters. The standard InChI is InChI=1S/C19H33N5OS2/c1-4-20-18(21-7-5-17-23-15(2)16(3)27-17)22-13-19(6-12-26-14-19)24-8-10-25-11-9-24/h4-14H2,1-3H3,(H2,20,21,22). The normalized spacial score (nSPS) is 24.3. The number of hydrogen-bond acceptors (Lipinski definition) is 6. The molecule has 0 spiro atoms. The first-order valence-corrected chi connectivity index (χ1v) is 12.0. The first-order chi connectivity index (χ1) is 13.1. The Morgan fingerprint density at radius 1 is 1.30 bits per heavy atom. The highest BCUT2D eigenvalue weighted by Crippen LogP contribution is 2.34. The van der Waals surface area contributed by atoms with Crippen molar-refractivity contribution >= 4 is 29.1 Å². The summed E-state index contributed by atoms with van der Waals surface area (Å²) >= 11 is 3.86. The lowest BCUT2D eigenvalue weighted by Crippen LogP contribution is -2.56. The molecule has 6 nitrogen and oxygen atoms in total. The predicted octanol–water partition coefficient (Wildman–Crippen LogP) is 2.07. The maximum atomic E-state index is 5.56. The summed E-state index contributed by atoms with van der Waals surface area (Å²) in [5.74, 6) is 3.33. The SMILES string of the molecule is CCNC(=NCC1(N2CCOCC2)CCSC1)NCCc1nc(C)c(C)s1. The van der Waals surface area contributed by atoms with E-state index >= 15 is 0 Å². The molecule has 0 amide bonds. The second kappa shape index (κ2) is 10.1. The molecular weight excluding hydrogens is 378 g/mol. The lowest BCUT2D eigenvalue weighted by molar-refractivity contribution is -0.0104. The Kier molecular flexibility index (Phi) is 7.81. The Bertz CT molecular complexity index is 602. The third kappa shape index (κ3) is 5.59. The number of hydrogen-bond donors (Lipinski definition) is 2. The Labute approximate surface area is 171 Å². The van der Waals surface area contributed by atoms with Crippen LogP contribution in [0.2, 0.25) is 0 Å². The fourth-order valence-electron chi connectivity index (χ4n) is 3.61. The number of ether oxygens (including phenoxy) is 1. The van der Waals surface area contributed by atoms with Crippen LogP contribution < -0.4 is 10.6 Å². The van der Waals surface area contributed by atoms with Crippen LogP contribution in [-0.2, 0) is 11.2 Å². The molecule has 0 aromatic carbocycles. The Morgan fingerprint density at radius 2 is 2.11 bits per heavy atom. The summed E-state index contributed by atoms with van der Waals surface area (Å²) in [6.45, 7) is 12.7. The van der Waals surface area contributed by atoms with Crippen LogP contribution in [0.25, 0.3) is 0 Å². The fourth-order valence-corrected chi connectivity index (χ4v) is 6.01. The molecule has 2 aliphatic heterocycles. The van der Waals surface area contributed by atoms with Gasteiger partial charge in [-0.2, -0.15) is 11.8 Å². The minimum Gasteiger partial charge on any atom is -0.379 e. The minimum atomic E-state index is 0.195. The van der Waals surface area contributed by atoms with E-state index in [0.29, 0.717) is 0 Å². The largest absolute Gasteiger partial charge is 0.379 e. The van der Waals surface area contributed by atoms with Gasteiger partial charge in [-0.25, -0.2) is 4.98 Å². The van der Waals surface area contributed by atoms with E-state index in [-0.39, 0.29) is 5.54 Å². The summed E-state index contributed by atoms with van der Waals surface area (Å²) in [4.78, 5) is 13.5. The zero-order chi connectivity index (χ0) is 19.1. The van der Waals surface area contributed by atoms with Gasteiger partial charge in [-0.05, 0) is 32.9 Å². The molecule has 2 N–H and O–H groups in total. The van der Waals surface area contributed by atoms with Crippen molar-refractivity contribution in [3.8, 4) is 0 Å². The predicted molar refractivity (Wildman–Crippen MR) is 116 cm³/mol. The molecule has 2 fully saturated rings. The van der Waals surface area contributed by atoms with Crippen molar-refractivity contribution in [3.63, 3.8) is 0 Å². The molecule has 1 aromatic heterocycles. The number of thiazole rings is 1. The van der Waals surface area contributed by atoms with Gasteiger partial charge in [-0.1, -0.05) is 0 Å². The number of aliphatic imine (C=N–C) groups is 1. The lowest BCUT2D eigenvalue weighted by atomic mass is 9.96. The monoisotopic (exact) mass is 411 g/mol. The van der Waals surface area contributed by atoms with Crippen LogP contribution in [0.5, 0.6) is 0 Å². The first kappa shape index (κ1) is 20.9. The van der Waals surface area contributed by atoms with Crippen molar-refractivity contribution in [1.82, 2.24) is 20.5 Å². The van der Waals surface area contributed by atoms with Crippen molar-refractivity contribution < 1.29 is 4.74 Å². The van der Waals surface area contributed by atoms with E-state index in [1.807, 2.05) is 0 Å². The molecular formula is C19H33N5OS2. The average Bonchev–Trinajstić information content (AvgIpc) is 3.28. The zero-order valence-electron chi connectivity index (χ0n) is 16.8. The second-order valence-electron chi connectivity index (χ2n) is 7.25. The average molecular weight is 412 g/mol. The molecule has 27 heavy (non-hydrogen) atoms. The van der Waals surface area contributed by atoms with Gasteiger partial charge in [0.25, 0.3) is 0 Å². The number of aryl methyl sites for hydroxylation is 2. The van der Waals surface area contributed by atoms with E-state index in [9.17, 15) is 0 Å². The highest BCUT2D eigenvalue weighted by Gasteiger charge is 2.40. The summed E-state index contributed by atoms with van der Waals surface area (Å²) in [6.07, 6.45) is 2.16. The van der Waals surface area contributed by atoms with Gasteiger partial charge in [0, 0.05) is 43.2 Å².